The second-order valence-electron chi connectivity index (χ2n) is 7.23. The lowest BCUT2D eigenvalue weighted by Crippen LogP contribution is -2.23. The molecule has 3 rings (SSSR count). The molecule has 0 aliphatic heterocycles. The summed E-state index contributed by atoms with van der Waals surface area (Å²) in [5, 5.41) is 9.59. The molecule has 2 aromatic rings. The van der Waals surface area contributed by atoms with Gasteiger partial charge < -0.3 is 9.84 Å². The predicted molar refractivity (Wildman–Crippen MR) is 94.1 cm³/mol. The van der Waals surface area contributed by atoms with Crippen molar-refractivity contribution in [2.75, 3.05) is 0 Å². The number of phenolic OH excluding ortho intramolecular Hbond substituents is 1. The van der Waals surface area contributed by atoms with E-state index in [0.29, 0.717) is 5.75 Å². The molecule has 0 radical (unpaired) electrons. The molecule has 0 amide bonds. The molecule has 1 unspecified atom stereocenters. The molecule has 120 valence electrons. The van der Waals surface area contributed by atoms with Crippen LogP contribution < -0.4 is 4.74 Å². The van der Waals surface area contributed by atoms with E-state index in [1.807, 2.05) is 31.2 Å². The fraction of sp³-hybridized carbons (Fsp3) is 0.333. The smallest absolute Gasteiger partial charge is 0.126 e. The van der Waals surface area contributed by atoms with Crippen LogP contribution in [0.1, 0.15) is 50.8 Å². The van der Waals surface area contributed by atoms with Crippen LogP contribution >= 0.6 is 0 Å². The first-order chi connectivity index (χ1) is 10.9. The predicted octanol–water partition coefficient (Wildman–Crippen LogP) is 5.29. The molecule has 2 heteroatoms. The Morgan fingerprint density at radius 2 is 1.70 bits per heavy atom. The quantitative estimate of drug-likeness (QED) is 0.780. The number of benzene rings is 2. The van der Waals surface area contributed by atoms with Crippen LogP contribution in [-0.2, 0) is 10.8 Å². The van der Waals surface area contributed by atoms with E-state index in [9.17, 15) is 5.11 Å². The first-order valence-corrected chi connectivity index (χ1v) is 8.09. The van der Waals surface area contributed by atoms with E-state index in [-0.39, 0.29) is 10.8 Å². The van der Waals surface area contributed by atoms with Crippen molar-refractivity contribution in [1.82, 2.24) is 0 Å². The fourth-order valence-electron chi connectivity index (χ4n) is 3.95. The average Bonchev–Trinajstić information content (AvgIpc) is 2.73. The van der Waals surface area contributed by atoms with Crippen molar-refractivity contribution in [2.45, 2.75) is 44.9 Å². The van der Waals surface area contributed by atoms with Gasteiger partial charge in [0.2, 0.25) is 0 Å². The zero-order valence-electron chi connectivity index (χ0n) is 14.3. The van der Waals surface area contributed by atoms with Crippen molar-refractivity contribution in [3.05, 3.63) is 71.5 Å². The Balaban J connectivity index is 2.13. The van der Waals surface area contributed by atoms with E-state index in [2.05, 4.69) is 32.9 Å². The highest BCUT2D eigenvalue weighted by Crippen LogP contribution is 2.53. The van der Waals surface area contributed by atoms with Crippen molar-refractivity contribution in [1.29, 1.82) is 0 Å². The Morgan fingerprint density at radius 1 is 1.00 bits per heavy atom. The molecule has 2 nitrogen and oxygen atoms in total. The third-order valence-corrected chi connectivity index (χ3v) is 4.95. The van der Waals surface area contributed by atoms with Crippen molar-refractivity contribution in [3.63, 3.8) is 0 Å². The second-order valence-corrected chi connectivity index (χ2v) is 7.23. The first-order valence-electron chi connectivity index (χ1n) is 8.09. The van der Waals surface area contributed by atoms with Crippen LogP contribution in [0.2, 0.25) is 0 Å². The Bertz CT molecular complexity index is 741. The van der Waals surface area contributed by atoms with Gasteiger partial charge in [-0.1, -0.05) is 45.0 Å². The monoisotopic (exact) mass is 308 g/mol. The molecule has 1 atom stereocenters. The van der Waals surface area contributed by atoms with E-state index >= 15 is 0 Å². The standard InChI is InChI=1S/C21H24O2/c1-5-12-23-17-10-11-18-19(13-17)21(4,14-20(18,2)3)15-6-8-16(22)9-7-15/h5-13,22H,14H2,1-4H3/b12-5+. The molecule has 1 aliphatic carbocycles. The summed E-state index contributed by atoms with van der Waals surface area (Å²) in [6.45, 7) is 8.82. The largest absolute Gasteiger partial charge is 0.508 e. The molecule has 1 aliphatic rings. The lowest BCUT2D eigenvalue weighted by atomic mass is 9.75. The maximum Gasteiger partial charge on any atom is 0.126 e. The molecular weight excluding hydrogens is 284 g/mol. The van der Waals surface area contributed by atoms with E-state index in [1.165, 1.54) is 16.7 Å². The Morgan fingerprint density at radius 3 is 2.35 bits per heavy atom. The minimum Gasteiger partial charge on any atom is -0.508 e. The van der Waals surface area contributed by atoms with Gasteiger partial charge in [0.15, 0.2) is 0 Å². The summed E-state index contributed by atoms with van der Waals surface area (Å²) in [7, 11) is 0. The number of phenols is 1. The van der Waals surface area contributed by atoms with Crippen molar-refractivity contribution in [3.8, 4) is 11.5 Å². The van der Waals surface area contributed by atoms with Crippen molar-refractivity contribution in [2.24, 2.45) is 0 Å². The van der Waals surface area contributed by atoms with Crippen LogP contribution in [-0.4, -0.2) is 5.11 Å². The fourth-order valence-corrected chi connectivity index (χ4v) is 3.95. The summed E-state index contributed by atoms with van der Waals surface area (Å²) < 4.78 is 5.68. The maximum absolute atomic E-state index is 9.59. The van der Waals surface area contributed by atoms with Crippen LogP contribution in [0.3, 0.4) is 0 Å². The SMILES string of the molecule is C/C=C/Oc1ccc2c(c1)C(C)(c1ccc(O)cc1)CC2(C)C. The molecule has 0 saturated heterocycles. The highest BCUT2D eigenvalue weighted by molar-refractivity contribution is 5.54. The molecule has 0 heterocycles. The molecule has 2 aromatic carbocycles. The molecule has 0 fully saturated rings. The van der Waals surface area contributed by atoms with Crippen LogP contribution in [0.25, 0.3) is 0 Å². The zero-order chi connectivity index (χ0) is 16.7. The number of fused-ring (bicyclic) bond motifs is 1. The number of aromatic hydroxyl groups is 1. The molecule has 1 N–H and O–H groups in total. The lowest BCUT2D eigenvalue weighted by Gasteiger charge is -2.28. The van der Waals surface area contributed by atoms with Gasteiger partial charge in [0.05, 0.1) is 6.26 Å². The van der Waals surface area contributed by atoms with Gasteiger partial charge >= 0.3 is 0 Å². The molecule has 0 aromatic heterocycles. The summed E-state index contributed by atoms with van der Waals surface area (Å²) in [4.78, 5) is 0. The third kappa shape index (κ3) is 2.63. The molecule has 0 bridgehead atoms. The van der Waals surface area contributed by atoms with Gasteiger partial charge in [0, 0.05) is 5.41 Å². The average molecular weight is 308 g/mol. The lowest BCUT2D eigenvalue weighted by molar-refractivity contribution is 0.423. The number of allylic oxidation sites excluding steroid dienone is 1. The Kier molecular flexibility index (Phi) is 3.71. The minimum atomic E-state index is -0.0815. The number of rotatable bonds is 3. The molecule has 23 heavy (non-hydrogen) atoms. The molecule has 0 spiro atoms. The minimum absolute atomic E-state index is 0.0815. The number of hydrogen-bond acceptors (Lipinski definition) is 2. The van der Waals surface area contributed by atoms with Crippen LogP contribution in [0.15, 0.2) is 54.8 Å². The maximum atomic E-state index is 9.59. The van der Waals surface area contributed by atoms with E-state index in [1.54, 1.807) is 18.4 Å². The summed E-state index contributed by atoms with van der Waals surface area (Å²) in [5.41, 5.74) is 3.95. The van der Waals surface area contributed by atoms with E-state index < -0.39 is 0 Å². The van der Waals surface area contributed by atoms with Gasteiger partial charge in [-0.3, -0.25) is 0 Å². The van der Waals surface area contributed by atoms with Crippen LogP contribution in [0.4, 0.5) is 0 Å². The zero-order valence-corrected chi connectivity index (χ0v) is 14.3. The van der Waals surface area contributed by atoms with Gasteiger partial charge in [-0.05, 0) is 59.7 Å². The number of ether oxygens (including phenoxy) is 1. The van der Waals surface area contributed by atoms with Gasteiger partial charge in [-0.2, -0.15) is 0 Å². The Labute approximate surface area is 138 Å². The topological polar surface area (TPSA) is 29.5 Å². The molecule has 0 saturated carbocycles. The summed E-state index contributed by atoms with van der Waals surface area (Å²) >= 11 is 0. The summed E-state index contributed by atoms with van der Waals surface area (Å²) in [6.07, 6.45) is 4.63. The highest BCUT2D eigenvalue weighted by atomic mass is 16.5. The number of hydrogen-bond donors (Lipinski definition) is 1. The van der Waals surface area contributed by atoms with Gasteiger partial charge in [0.25, 0.3) is 0 Å². The summed E-state index contributed by atoms with van der Waals surface area (Å²) in [6, 6.07) is 14.0. The van der Waals surface area contributed by atoms with Crippen molar-refractivity contribution >= 4 is 0 Å². The first kappa shape index (κ1) is 15.7. The normalized spacial score (nSPS) is 22.3. The highest BCUT2D eigenvalue weighted by Gasteiger charge is 2.45. The third-order valence-electron chi connectivity index (χ3n) is 4.95. The second kappa shape index (κ2) is 5.45. The van der Waals surface area contributed by atoms with E-state index in [0.717, 1.165) is 12.2 Å². The van der Waals surface area contributed by atoms with Crippen LogP contribution in [0, 0.1) is 0 Å². The Hall–Kier alpha value is -2.22. The van der Waals surface area contributed by atoms with Gasteiger partial charge in [-0.15, -0.1) is 0 Å². The van der Waals surface area contributed by atoms with Crippen molar-refractivity contribution < 1.29 is 9.84 Å². The van der Waals surface area contributed by atoms with E-state index in [4.69, 9.17) is 4.74 Å². The van der Waals surface area contributed by atoms with Gasteiger partial charge in [0.1, 0.15) is 11.5 Å². The molecular formula is C21H24O2. The van der Waals surface area contributed by atoms with Gasteiger partial charge in [-0.25, -0.2) is 0 Å². The van der Waals surface area contributed by atoms with Crippen LogP contribution in [0.5, 0.6) is 11.5 Å². The summed E-state index contributed by atoms with van der Waals surface area (Å²) in [5.74, 6) is 1.17.